The zero-order valence-electron chi connectivity index (χ0n) is 13.3. The van der Waals surface area contributed by atoms with E-state index >= 15 is 0 Å². The molecular weight excluding hydrogens is 292 g/mol. The lowest BCUT2D eigenvalue weighted by Crippen LogP contribution is -2.20. The van der Waals surface area contributed by atoms with E-state index in [4.69, 9.17) is 0 Å². The minimum Gasteiger partial charge on any atom is -0.508 e. The van der Waals surface area contributed by atoms with E-state index in [1.54, 1.807) is 5.19 Å². The maximum absolute atomic E-state index is 9.88. The van der Waals surface area contributed by atoms with Gasteiger partial charge in [-0.25, -0.2) is 0 Å². The number of benzene rings is 2. The smallest absolute Gasteiger partial charge is 0.119 e. The molecule has 0 saturated carbocycles. The summed E-state index contributed by atoms with van der Waals surface area (Å²) in [4.78, 5) is 1.27. The number of rotatable bonds is 5. The van der Waals surface area contributed by atoms with E-state index in [9.17, 15) is 5.11 Å². The molecule has 0 aliphatic rings. The first-order chi connectivity index (χ1) is 9.99. The number of thioether (sulfide) groups is 1. The van der Waals surface area contributed by atoms with Crippen LogP contribution in [-0.2, 0) is 0 Å². The summed E-state index contributed by atoms with van der Waals surface area (Å²) in [5.41, 5.74) is 3.92. The Morgan fingerprint density at radius 1 is 1.14 bits per heavy atom. The number of hydrogen-bond acceptors (Lipinski definition) is 2. The lowest BCUT2D eigenvalue weighted by atomic mass is 10.0. The van der Waals surface area contributed by atoms with Gasteiger partial charge in [-0.15, -0.1) is 11.8 Å². The number of hydrogen-bond donors (Lipinski definition) is 1. The van der Waals surface area contributed by atoms with Gasteiger partial charge < -0.3 is 5.11 Å². The van der Waals surface area contributed by atoms with E-state index in [0.29, 0.717) is 11.7 Å². The van der Waals surface area contributed by atoms with Crippen molar-refractivity contribution in [3.05, 3.63) is 53.1 Å². The van der Waals surface area contributed by atoms with Crippen molar-refractivity contribution < 1.29 is 5.11 Å². The first-order valence-electron chi connectivity index (χ1n) is 7.50. The normalized spacial score (nSPS) is 11.7. The molecule has 0 spiro atoms. The van der Waals surface area contributed by atoms with E-state index in [-0.39, 0.29) is 9.52 Å². The van der Waals surface area contributed by atoms with E-state index in [0.717, 1.165) is 5.56 Å². The van der Waals surface area contributed by atoms with E-state index in [2.05, 4.69) is 52.0 Å². The first kappa shape index (κ1) is 16.2. The monoisotopic (exact) mass is 316 g/mol. The molecule has 0 aliphatic carbocycles. The molecule has 3 heteroatoms. The Kier molecular flexibility index (Phi) is 5.54. The van der Waals surface area contributed by atoms with Gasteiger partial charge in [0.2, 0.25) is 0 Å². The summed E-state index contributed by atoms with van der Waals surface area (Å²) in [5.74, 6) is 0.780. The van der Waals surface area contributed by atoms with Crippen molar-refractivity contribution in [2.75, 3.05) is 5.38 Å². The van der Waals surface area contributed by atoms with Crippen LogP contribution in [0.3, 0.4) is 0 Å². The van der Waals surface area contributed by atoms with Gasteiger partial charge in [0.05, 0.1) is 9.52 Å². The quantitative estimate of drug-likeness (QED) is 0.671. The SMILES string of the molecule is Cc1cccc([SiH2]CSc2ccc(O)c(C(C)C)c2)c1C. The van der Waals surface area contributed by atoms with Crippen LogP contribution in [0, 0.1) is 13.8 Å². The summed E-state index contributed by atoms with van der Waals surface area (Å²) in [6, 6.07) is 12.6. The van der Waals surface area contributed by atoms with E-state index in [1.165, 1.54) is 21.4 Å². The molecule has 0 atom stereocenters. The van der Waals surface area contributed by atoms with Crippen LogP contribution in [0.2, 0.25) is 0 Å². The largest absolute Gasteiger partial charge is 0.508 e. The van der Waals surface area contributed by atoms with Crippen molar-refractivity contribution in [1.29, 1.82) is 0 Å². The number of aryl methyl sites for hydroxylation is 1. The molecule has 21 heavy (non-hydrogen) atoms. The third-order valence-corrected chi connectivity index (χ3v) is 7.50. The molecule has 0 bridgehead atoms. The van der Waals surface area contributed by atoms with Crippen molar-refractivity contribution in [3.8, 4) is 5.75 Å². The fourth-order valence-corrected chi connectivity index (χ4v) is 6.01. The number of aromatic hydroxyl groups is 1. The third kappa shape index (κ3) is 4.14. The minimum atomic E-state index is -0.246. The van der Waals surface area contributed by atoms with Gasteiger partial charge in [0.1, 0.15) is 5.75 Å². The summed E-state index contributed by atoms with van der Waals surface area (Å²) in [7, 11) is -0.246. The molecule has 2 rings (SSSR count). The third-order valence-electron chi connectivity index (χ3n) is 3.98. The van der Waals surface area contributed by atoms with E-state index < -0.39 is 0 Å². The van der Waals surface area contributed by atoms with Crippen molar-refractivity contribution in [2.45, 2.75) is 38.5 Å². The Morgan fingerprint density at radius 2 is 1.90 bits per heavy atom. The van der Waals surface area contributed by atoms with Gasteiger partial charge in [0.15, 0.2) is 0 Å². The number of phenolic OH excluding ortho intramolecular Hbond substituents is 1. The van der Waals surface area contributed by atoms with Gasteiger partial charge in [-0.3, -0.25) is 0 Å². The Hall–Kier alpha value is -1.19. The average molecular weight is 317 g/mol. The zero-order valence-corrected chi connectivity index (χ0v) is 15.5. The topological polar surface area (TPSA) is 20.2 Å². The van der Waals surface area contributed by atoms with Crippen molar-refractivity contribution in [1.82, 2.24) is 0 Å². The number of phenols is 1. The average Bonchev–Trinajstić information content (AvgIpc) is 2.45. The maximum Gasteiger partial charge on any atom is 0.119 e. The first-order valence-corrected chi connectivity index (χ1v) is 10.2. The fraction of sp³-hybridized carbons (Fsp3) is 0.333. The van der Waals surface area contributed by atoms with Crippen LogP contribution in [-0.4, -0.2) is 20.0 Å². The van der Waals surface area contributed by atoms with Crippen LogP contribution < -0.4 is 5.19 Å². The van der Waals surface area contributed by atoms with E-state index in [1.807, 2.05) is 23.9 Å². The van der Waals surface area contributed by atoms with Crippen LogP contribution in [0.5, 0.6) is 5.75 Å². The van der Waals surface area contributed by atoms with Crippen LogP contribution in [0.15, 0.2) is 41.3 Å². The lowest BCUT2D eigenvalue weighted by molar-refractivity contribution is 0.464. The Bertz CT molecular complexity index is 623. The van der Waals surface area contributed by atoms with Crippen molar-refractivity contribution in [3.63, 3.8) is 0 Å². The highest BCUT2D eigenvalue weighted by Gasteiger charge is 2.08. The van der Waals surface area contributed by atoms with Crippen LogP contribution in [0.25, 0.3) is 0 Å². The summed E-state index contributed by atoms with van der Waals surface area (Å²) >= 11 is 1.92. The van der Waals surface area contributed by atoms with Gasteiger partial charge in [-0.1, -0.05) is 37.2 Å². The molecule has 0 aromatic heterocycles. The fourth-order valence-electron chi connectivity index (χ4n) is 2.45. The molecule has 0 aliphatic heterocycles. The minimum absolute atomic E-state index is 0.246. The molecular formula is C18H24OSSi. The second-order valence-corrected chi connectivity index (χ2v) is 9.49. The molecule has 0 fully saturated rings. The lowest BCUT2D eigenvalue weighted by Gasteiger charge is -2.11. The second kappa shape index (κ2) is 7.19. The molecule has 0 radical (unpaired) electrons. The Labute approximate surface area is 134 Å². The molecule has 1 N–H and O–H groups in total. The van der Waals surface area contributed by atoms with Crippen molar-refractivity contribution >= 4 is 26.5 Å². The second-order valence-electron chi connectivity index (χ2n) is 5.83. The predicted molar refractivity (Wildman–Crippen MR) is 97.0 cm³/mol. The van der Waals surface area contributed by atoms with Gasteiger partial charge in [0, 0.05) is 4.90 Å². The summed E-state index contributed by atoms with van der Waals surface area (Å²) < 4.78 is 0. The molecule has 0 heterocycles. The van der Waals surface area contributed by atoms with Crippen LogP contribution >= 0.6 is 11.8 Å². The van der Waals surface area contributed by atoms with Gasteiger partial charge in [-0.05, 0) is 60.0 Å². The summed E-state index contributed by atoms with van der Waals surface area (Å²) in [6.45, 7) is 8.66. The Morgan fingerprint density at radius 3 is 2.62 bits per heavy atom. The van der Waals surface area contributed by atoms with Gasteiger partial charge >= 0.3 is 0 Å². The van der Waals surface area contributed by atoms with Crippen LogP contribution in [0.1, 0.15) is 36.5 Å². The highest BCUT2D eigenvalue weighted by molar-refractivity contribution is 8.00. The molecule has 2 aromatic rings. The Balaban J connectivity index is 2.01. The van der Waals surface area contributed by atoms with Crippen LogP contribution in [0.4, 0.5) is 0 Å². The standard InChI is InChI=1S/C18H24OSSi/c1-12(2)16-10-15(8-9-17(16)19)20-11-21-18-7-5-6-13(3)14(18)4/h5-10,12,19H,11,21H2,1-4H3. The summed E-state index contributed by atoms with van der Waals surface area (Å²) in [6.07, 6.45) is 0. The molecule has 0 amide bonds. The van der Waals surface area contributed by atoms with Gasteiger partial charge in [0.25, 0.3) is 0 Å². The highest BCUT2D eigenvalue weighted by atomic mass is 32.2. The molecule has 112 valence electrons. The summed E-state index contributed by atoms with van der Waals surface area (Å²) in [5, 5.41) is 12.7. The maximum atomic E-state index is 9.88. The van der Waals surface area contributed by atoms with Gasteiger partial charge in [-0.2, -0.15) is 0 Å². The predicted octanol–water partition coefficient (Wildman–Crippen LogP) is 3.68. The molecule has 2 aromatic carbocycles. The highest BCUT2D eigenvalue weighted by Crippen LogP contribution is 2.30. The van der Waals surface area contributed by atoms with Crippen molar-refractivity contribution in [2.24, 2.45) is 0 Å². The zero-order chi connectivity index (χ0) is 15.4. The molecule has 0 unspecified atom stereocenters. The molecule has 1 nitrogen and oxygen atoms in total. The molecule has 0 saturated heterocycles.